The Labute approximate surface area is 162 Å². The third-order valence-electron chi connectivity index (χ3n) is 5.94. The number of carboxylic acid groups (broad SMARTS) is 1. The molecular weight excluding hydrogens is 350 g/mol. The standard InChI is InChI=1S/C23H19N3O2/c1-12-19-18(25-20(12)22(27)28)11-14-13-7-3-6-10-17(13)26-21(14)23(19,2)15-8-4-5-9-16(15)24/h3-11,25H,24H2,1-2H3,(H,27,28). The van der Waals surface area contributed by atoms with Crippen molar-refractivity contribution in [2.75, 3.05) is 5.73 Å². The first kappa shape index (κ1) is 16.6. The number of nitrogens with zero attached hydrogens (tertiary/aromatic N) is 1. The van der Waals surface area contributed by atoms with Crippen LogP contribution in [-0.4, -0.2) is 21.8 Å². The van der Waals surface area contributed by atoms with Crippen LogP contribution in [0, 0.1) is 6.92 Å². The maximum atomic E-state index is 11.8. The van der Waals surface area contributed by atoms with E-state index in [2.05, 4.69) is 11.9 Å². The first-order valence-electron chi connectivity index (χ1n) is 9.15. The van der Waals surface area contributed by atoms with Gasteiger partial charge < -0.3 is 15.8 Å². The molecule has 2 heterocycles. The number of allylic oxidation sites excluding steroid dienone is 1. The van der Waals surface area contributed by atoms with Crippen LogP contribution in [0.4, 0.5) is 11.4 Å². The van der Waals surface area contributed by atoms with Gasteiger partial charge in [0.05, 0.1) is 16.8 Å². The molecule has 0 radical (unpaired) electrons. The molecule has 3 aromatic rings. The fraction of sp³-hybridized carbons (Fsp3) is 0.130. The first-order chi connectivity index (χ1) is 13.4. The number of aromatic carboxylic acids is 1. The molecule has 5 rings (SSSR count). The number of fused-ring (bicyclic) bond motifs is 4. The van der Waals surface area contributed by atoms with E-state index in [-0.39, 0.29) is 5.69 Å². The van der Waals surface area contributed by atoms with E-state index >= 15 is 0 Å². The van der Waals surface area contributed by atoms with Gasteiger partial charge in [0, 0.05) is 22.5 Å². The maximum absolute atomic E-state index is 11.8. The van der Waals surface area contributed by atoms with Crippen LogP contribution in [0.15, 0.2) is 53.5 Å². The lowest BCUT2D eigenvalue weighted by Gasteiger charge is -2.36. The molecule has 1 aromatic heterocycles. The van der Waals surface area contributed by atoms with Gasteiger partial charge in [0.15, 0.2) is 0 Å². The number of nitrogens with one attached hydrogen (secondary N) is 1. The number of hydrogen-bond donors (Lipinski definition) is 3. The summed E-state index contributed by atoms with van der Waals surface area (Å²) in [6, 6.07) is 15.7. The second-order valence-corrected chi connectivity index (χ2v) is 7.47. The van der Waals surface area contributed by atoms with Crippen molar-refractivity contribution in [3.63, 3.8) is 0 Å². The highest BCUT2D eigenvalue weighted by Gasteiger charge is 2.47. The summed E-state index contributed by atoms with van der Waals surface area (Å²) in [7, 11) is 0. The molecule has 1 aliphatic heterocycles. The average molecular weight is 369 g/mol. The van der Waals surface area contributed by atoms with E-state index in [1.807, 2.05) is 61.5 Å². The fourth-order valence-electron chi connectivity index (χ4n) is 4.70. The van der Waals surface area contributed by atoms with Crippen LogP contribution < -0.4 is 5.73 Å². The molecular formula is C23H19N3O2. The second-order valence-electron chi connectivity index (χ2n) is 7.47. The molecule has 5 heteroatoms. The molecule has 0 fully saturated rings. The summed E-state index contributed by atoms with van der Waals surface area (Å²) in [6.45, 7) is 3.93. The van der Waals surface area contributed by atoms with Crippen molar-refractivity contribution in [2.24, 2.45) is 4.99 Å². The number of para-hydroxylation sites is 2. The Bertz CT molecular complexity index is 1230. The van der Waals surface area contributed by atoms with Gasteiger partial charge in [-0.1, -0.05) is 36.4 Å². The molecule has 0 amide bonds. The number of aromatic nitrogens is 1. The van der Waals surface area contributed by atoms with Crippen LogP contribution in [0.3, 0.4) is 0 Å². The summed E-state index contributed by atoms with van der Waals surface area (Å²) in [5.41, 5.74) is 13.8. The lowest BCUT2D eigenvalue weighted by molar-refractivity contribution is 0.0690. The number of benzene rings is 2. The molecule has 4 N–H and O–H groups in total. The van der Waals surface area contributed by atoms with Crippen molar-refractivity contribution >= 4 is 34.7 Å². The predicted molar refractivity (Wildman–Crippen MR) is 111 cm³/mol. The largest absolute Gasteiger partial charge is 0.477 e. The zero-order chi connectivity index (χ0) is 19.6. The van der Waals surface area contributed by atoms with Gasteiger partial charge in [0.1, 0.15) is 5.69 Å². The van der Waals surface area contributed by atoms with Gasteiger partial charge in [0.25, 0.3) is 0 Å². The van der Waals surface area contributed by atoms with Crippen LogP contribution in [0.1, 0.15) is 45.4 Å². The number of rotatable bonds is 2. The Morgan fingerprint density at radius 2 is 1.86 bits per heavy atom. The molecule has 28 heavy (non-hydrogen) atoms. The van der Waals surface area contributed by atoms with E-state index in [0.29, 0.717) is 11.3 Å². The molecule has 2 aliphatic rings. The highest BCUT2D eigenvalue weighted by Crippen LogP contribution is 2.52. The normalized spacial score (nSPS) is 19.4. The summed E-state index contributed by atoms with van der Waals surface area (Å²) in [4.78, 5) is 19.9. The van der Waals surface area contributed by atoms with Crippen molar-refractivity contribution in [2.45, 2.75) is 19.3 Å². The molecule has 0 saturated carbocycles. The van der Waals surface area contributed by atoms with Crippen molar-refractivity contribution in [1.29, 1.82) is 0 Å². The molecule has 5 nitrogen and oxygen atoms in total. The van der Waals surface area contributed by atoms with Crippen LogP contribution in [0.5, 0.6) is 0 Å². The smallest absolute Gasteiger partial charge is 0.352 e. The number of nitrogen functional groups attached to an aromatic ring is 1. The Kier molecular flexibility index (Phi) is 3.23. The van der Waals surface area contributed by atoms with Gasteiger partial charge in [-0.15, -0.1) is 0 Å². The van der Waals surface area contributed by atoms with Crippen molar-refractivity contribution in [1.82, 2.24) is 4.98 Å². The summed E-state index contributed by atoms with van der Waals surface area (Å²) >= 11 is 0. The maximum Gasteiger partial charge on any atom is 0.352 e. The SMILES string of the molecule is Cc1c(C(=O)O)[nH]c2c1C(C)(c1ccccc1N)C1=Nc3ccccc3C1=C2. The second kappa shape index (κ2) is 5.45. The van der Waals surface area contributed by atoms with Gasteiger partial charge in [-0.05, 0) is 48.7 Å². The zero-order valence-corrected chi connectivity index (χ0v) is 15.6. The molecule has 1 atom stereocenters. The van der Waals surface area contributed by atoms with E-state index in [0.717, 1.165) is 39.4 Å². The number of anilines is 1. The van der Waals surface area contributed by atoms with Gasteiger partial charge in [-0.3, -0.25) is 4.99 Å². The lowest BCUT2D eigenvalue weighted by Crippen LogP contribution is -2.37. The third kappa shape index (κ3) is 1.96. The molecule has 0 saturated heterocycles. The number of aliphatic imine (C=N–C) groups is 1. The quantitative estimate of drug-likeness (QED) is 0.579. The molecule has 0 spiro atoms. The lowest BCUT2D eigenvalue weighted by atomic mass is 9.65. The van der Waals surface area contributed by atoms with Gasteiger partial charge >= 0.3 is 5.97 Å². The van der Waals surface area contributed by atoms with Gasteiger partial charge in [-0.25, -0.2) is 4.79 Å². The average Bonchev–Trinajstić information content (AvgIpc) is 3.21. The minimum Gasteiger partial charge on any atom is -0.477 e. The van der Waals surface area contributed by atoms with Crippen LogP contribution in [0.2, 0.25) is 0 Å². The number of hydrogen-bond acceptors (Lipinski definition) is 3. The van der Waals surface area contributed by atoms with Crippen LogP contribution in [-0.2, 0) is 5.41 Å². The fourth-order valence-corrected chi connectivity index (χ4v) is 4.70. The summed E-state index contributed by atoms with van der Waals surface area (Å²) in [5.74, 6) is -0.971. The minimum atomic E-state index is -0.971. The molecule has 0 bridgehead atoms. The van der Waals surface area contributed by atoms with Crippen molar-refractivity contribution in [3.05, 3.63) is 82.2 Å². The number of carboxylic acids is 1. The van der Waals surface area contributed by atoms with E-state index in [9.17, 15) is 9.90 Å². The number of nitrogens with two attached hydrogens (primary N) is 1. The summed E-state index contributed by atoms with van der Waals surface area (Å²) < 4.78 is 0. The van der Waals surface area contributed by atoms with Gasteiger partial charge in [0.2, 0.25) is 0 Å². The number of H-pyrrole nitrogens is 1. The Hall–Kier alpha value is -3.60. The van der Waals surface area contributed by atoms with E-state index < -0.39 is 11.4 Å². The Morgan fingerprint density at radius 1 is 1.14 bits per heavy atom. The summed E-state index contributed by atoms with van der Waals surface area (Å²) in [6.07, 6.45) is 2.01. The predicted octanol–water partition coefficient (Wildman–Crippen LogP) is 4.55. The van der Waals surface area contributed by atoms with E-state index in [1.54, 1.807) is 0 Å². The highest BCUT2D eigenvalue weighted by molar-refractivity contribution is 6.38. The van der Waals surface area contributed by atoms with Crippen LogP contribution in [0.25, 0.3) is 11.6 Å². The number of carbonyl (C=O) groups is 1. The first-order valence-corrected chi connectivity index (χ1v) is 9.15. The number of aromatic amines is 1. The Balaban J connectivity index is 1.90. The molecule has 1 aliphatic carbocycles. The molecule has 2 aromatic carbocycles. The van der Waals surface area contributed by atoms with E-state index in [4.69, 9.17) is 10.7 Å². The summed E-state index contributed by atoms with van der Waals surface area (Å²) in [5, 5.41) is 9.66. The monoisotopic (exact) mass is 369 g/mol. The zero-order valence-electron chi connectivity index (χ0n) is 15.6. The van der Waals surface area contributed by atoms with Crippen molar-refractivity contribution in [3.8, 4) is 0 Å². The molecule has 1 unspecified atom stereocenters. The highest BCUT2D eigenvalue weighted by atomic mass is 16.4. The molecule has 138 valence electrons. The van der Waals surface area contributed by atoms with Gasteiger partial charge in [-0.2, -0.15) is 0 Å². The topological polar surface area (TPSA) is 91.5 Å². The minimum absolute atomic E-state index is 0.205. The van der Waals surface area contributed by atoms with E-state index in [1.165, 1.54) is 0 Å². The third-order valence-corrected chi connectivity index (χ3v) is 5.94. The van der Waals surface area contributed by atoms with Crippen molar-refractivity contribution < 1.29 is 9.90 Å². The Morgan fingerprint density at radius 3 is 2.61 bits per heavy atom. The van der Waals surface area contributed by atoms with Crippen LogP contribution >= 0.6 is 0 Å².